The van der Waals surface area contributed by atoms with Crippen LogP contribution in [0.15, 0.2) is 30.3 Å². The van der Waals surface area contributed by atoms with Crippen molar-refractivity contribution < 1.29 is 23.9 Å². The quantitative estimate of drug-likeness (QED) is 0.735. The molecule has 3 saturated heterocycles. The zero-order valence-electron chi connectivity index (χ0n) is 15.4. The van der Waals surface area contributed by atoms with Gasteiger partial charge < -0.3 is 19.3 Å². The van der Waals surface area contributed by atoms with Gasteiger partial charge in [0, 0.05) is 25.8 Å². The van der Waals surface area contributed by atoms with Gasteiger partial charge in [-0.25, -0.2) is 0 Å². The number of ether oxygens (including phenoxy) is 2. The Hall–Kier alpha value is -2.41. The van der Waals surface area contributed by atoms with Crippen molar-refractivity contribution in [3.8, 4) is 0 Å². The summed E-state index contributed by atoms with van der Waals surface area (Å²) < 4.78 is 11.0. The van der Waals surface area contributed by atoms with Crippen molar-refractivity contribution in [1.82, 2.24) is 9.80 Å². The van der Waals surface area contributed by atoms with E-state index in [0.717, 1.165) is 5.56 Å². The lowest BCUT2D eigenvalue weighted by Gasteiger charge is -2.32. The summed E-state index contributed by atoms with van der Waals surface area (Å²) in [6, 6.07) is 9.65. The van der Waals surface area contributed by atoms with Crippen molar-refractivity contribution in [1.29, 1.82) is 0 Å². The average molecular weight is 372 g/mol. The summed E-state index contributed by atoms with van der Waals surface area (Å²) in [5.41, 5.74) is 0.353. The molecular formula is C20H24N2O5. The largest absolute Gasteiger partial charge is 0.469 e. The van der Waals surface area contributed by atoms with E-state index >= 15 is 0 Å². The van der Waals surface area contributed by atoms with Crippen LogP contribution in [0.25, 0.3) is 0 Å². The zero-order chi connectivity index (χ0) is 19.0. The van der Waals surface area contributed by atoms with Crippen LogP contribution < -0.4 is 0 Å². The Morgan fingerprint density at radius 3 is 2.78 bits per heavy atom. The number of benzene rings is 1. The van der Waals surface area contributed by atoms with Gasteiger partial charge in [-0.2, -0.15) is 0 Å². The number of rotatable bonds is 5. The molecule has 2 amide bonds. The van der Waals surface area contributed by atoms with E-state index in [1.165, 1.54) is 7.11 Å². The first-order valence-electron chi connectivity index (χ1n) is 9.44. The smallest absolute Gasteiger partial charge is 0.305 e. The first-order chi connectivity index (χ1) is 13.0. The van der Waals surface area contributed by atoms with Crippen molar-refractivity contribution in [2.75, 3.05) is 20.2 Å². The monoisotopic (exact) mass is 372 g/mol. The summed E-state index contributed by atoms with van der Waals surface area (Å²) in [6.07, 6.45) is 1.74. The molecular weight excluding hydrogens is 348 g/mol. The summed E-state index contributed by atoms with van der Waals surface area (Å²) in [7, 11) is 1.34. The summed E-state index contributed by atoms with van der Waals surface area (Å²) in [5, 5.41) is 0. The van der Waals surface area contributed by atoms with E-state index in [2.05, 4.69) is 4.74 Å². The molecule has 1 aromatic carbocycles. The van der Waals surface area contributed by atoms with Gasteiger partial charge >= 0.3 is 5.97 Å². The molecule has 0 aromatic heterocycles. The highest BCUT2D eigenvalue weighted by Gasteiger charge is 2.64. The molecule has 4 rings (SSSR count). The first-order valence-corrected chi connectivity index (χ1v) is 9.44. The molecule has 27 heavy (non-hydrogen) atoms. The van der Waals surface area contributed by atoms with Crippen molar-refractivity contribution in [2.45, 2.75) is 50.0 Å². The number of carbonyl (C=O) groups excluding carboxylic acids is 3. The molecule has 3 aliphatic heterocycles. The second kappa shape index (κ2) is 6.96. The third kappa shape index (κ3) is 3.00. The van der Waals surface area contributed by atoms with Gasteiger partial charge in [0.05, 0.1) is 26.1 Å². The van der Waals surface area contributed by atoms with Gasteiger partial charge in [-0.1, -0.05) is 30.3 Å². The highest BCUT2D eigenvalue weighted by molar-refractivity contribution is 5.85. The van der Waals surface area contributed by atoms with Crippen LogP contribution >= 0.6 is 0 Å². The van der Waals surface area contributed by atoms with Crippen LogP contribution in [0, 0.1) is 0 Å². The molecule has 0 N–H and O–H groups in total. The number of amides is 2. The fraction of sp³-hybridized carbons (Fsp3) is 0.550. The van der Waals surface area contributed by atoms with Crippen LogP contribution in [0.2, 0.25) is 0 Å². The lowest BCUT2D eigenvalue weighted by molar-refractivity contribution is -0.144. The normalized spacial score (nSPS) is 29.0. The summed E-state index contributed by atoms with van der Waals surface area (Å²) in [4.78, 5) is 40.1. The molecule has 0 aliphatic carbocycles. The molecule has 0 saturated carbocycles. The molecule has 1 aromatic rings. The van der Waals surface area contributed by atoms with Gasteiger partial charge in [0.1, 0.15) is 6.10 Å². The topological polar surface area (TPSA) is 76.2 Å². The Bertz CT molecular complexity index is 752. The fourth-order valence-electron chi connectivity index (χ4n) is 4.59. The minimum Gasteiger partial charge on any atom is -0.469 e. The van der Waals surface area contributed by atoms with Crippen molar-refractivity contribution in [3.05, 3.63) is 35.9 Å². The van der Waals surface area contributed by atoms with E-state index in [1.54, 1.807) is 4.90 Å². The first kappa shape index (κ1) is 18.0. The van der Waals surface area contributed by atoms with E-state index in [9.17, 15) is 14.4 Å². The average Bonchev–Trinajstić information content (AvgIpc) is 3.31. The SMILES string of the molecule is COC(=O)CCCC(=O)N1CC[C@@]23O[C@@H](c4ccccc4)CN2C(=O)C[C@@H]13. The maximum atomic E-state index is 12.7. The molecule has 3 aliphatic rings. The van der Waals surface area contributed by atoms with E-state index in [1.807, 2.05) is 35.2 Å². The molecule has 0 radical (unpaired) electrons. The number of hydrogen-bond donors (Lipinski definition) is 0. The Balaban J connectivity index is 1.46. The highest BCUT2D eigenvalue weighted by atomic mass is 16.5. The van der Waals surface area contributed by atoms with Gasteiger partial charge in [-0.05, 0) is 12.0 Å². The van der Waals surface area contributed by atoms with Crippen LogP contribution in [0.5, 0.6) is 0 Å². The standard InChI is InChI=1S/C20H24N2O5/c1-26-19(25)9-5-8-17(23)21-11-10-20-16(21)12-18(24)22(20)13-15(27-20)14-6-3-2-4-7-14/h2-4,6-7,15-16H,5,8-13H2,1H3/t15-,16-,20+/m1/s1. The summed E-state index contributed by atoms with van der Waals surface area (Å²) in [6.45, 7) is 1.11. The Labute approximate surface area is 158 Å². The van der Waals surface area contributed by atoms with Crippen LogP contribution in [-0.4, -0.2) is 59.5 Å². The van der Waals surface area contributed by atoms with Crippen LogP contribution in [-0.2, 0) is 23.9 Å². The number of esters is 1. The minimum absolute atomic E-state index is 0.0258. The summed E-state index contributed by atoms with van der Waals surface area (Å²) in [5.74, 6) is -0.291. The molecule has 3 atom stereocenters. The number of hydrogen-bond acceptors (Lipinski definition) is 5. The fourth-order valence-corrected chi connectivity index (χ4v) is 4.59. The van der Waals surface area contributed by atoms with Crippen molar-refractivity contribution in [2.24, 2.45) is 0 Å². The van der Waals surface area contributed by atoms with E-state index in [4.69, 9.17) is 4.74 Å². The molecule has 0 bridgehead atoms. The number of methoxy groups -OCH3 is 1. The Morgan fingerprint density at radius 1 is 1.26 bits per heavy atom. The maximum absolute atomic E-state index is 12.7. The molecule has 0 unspecified atom stereocenters. The highest BCUT2D eigenvalue weighted by Crippen LogP contribution is 2.50. The second-order valence-corrected chi connectivity index (χ2v) is 7.35. The lowest BCUT2D eigenvalue weighted by Crippen LogP contribution is -2.48. The van der Waals surface area contributed by atoms with Gasteiger partial charge in [0.2, 0.25) is 11.8 Å². The van der Waals surface area contributed by atoms with Gasteiger partial charge in [-0.3, -0.25) is 14.4 Å². The number of carbonyl (C=O) groups is 3. The van der Waals surface area contributed by atoms with Crippen molar-refractivity contribution >= 4 is 17.8 Å². The molecule has 7 nitrogen and oxygen atoms in total. The summed E-state index contributed by atoms with van der Waals surface area (Å²) >= 11 is 0. The third-order valence-corrected chi connectivity index (χ3v) is 5.92. The molecule has 1 spiro atoms. The Morgan fingerprint density at radius 2 is 2.04 bits per heavy atom. The zero-order valence-corrected chi connectivity index (χ0v) is 15.4. The number of nitrogens with zero attached hydrogens (tertiary/aromatic N) is 2. The maximum Gasteiger partial charge on any atom is 0.305 e. The molecule has 3 fully saturated rings. The second-order valence-electron chi connectivity index (χ2n) is 7.35. The predicted molar refractivity (Wildman–Crippen MR) is 95.3 cm³/mol. The van der Waals surface area contributed by atoms with Crippen LogP contribution in [0.3, 0.4) is 0 Å². The van der Waals surface area contributed by atoms with Crippen molar-refractivity contribution in [3.63, 3.8) is 0 Å². The molecule has 7 heteroatoms. The lowest BCUT2D eigenvalue weighted by atomic mass is 10.1. The number of likely N-dealkylation sites (tertiary alicyclic amines) is 1. The van der Waals surface area contributed by atoms with Gasteiger partial charge in [-0.15, -0.1) is 0 Å². The molecule has 144 valence electrons. The minimum atomic E-state index is -0.699. The third-order valence-electron chi connectivity index (χ3n) is 5.92. The predicted octanol–water partition coefficient (Wildman–Crippen LogP) is 1.63. The molecule has 3 heterocycles. The van der Waals surface area contributed by atoms with E-state index in [-0.39, 0.29) is 42.8 Å². The Kier molecular flexibility index (Phi) is 4.63. The van der Waals surface area contributed by atoms with E-state index < -0.39 is 5.72 Å². The van der Waals surface area contributed by atoms with E-state index in [0.29, 0.717) is 32.4 Å². The van der Waals surface area contributed by atoms with Gasteiger partial charge in [0.15, 0.2) is 5.72 Å². The van der Waals surface area contributed by atoms with Crippen LogP contribution in [0.4, 0.5) is 0 Å². The van der Waals surface area contributed by atoms with Gasteiger partial charge in [0.25, 0.3) is 0 Å². The van der Waals surface area contributed by atoms with Crippen LogP contribution in [0.1, 0.15) is 43.8 Å².